The molecule has 0 bridgehead atoms. The lowest BCUT2D eigenvalue weighted by Gasteiger charge is -2.17. The second kappa shape index (κ2) is 9.04. The van der Waals surface area contributed by atoms with E-state index in [4.69, 9.17) is 43.5 Å². The van der Waals surface area contributed by atoms with Crippen LogP contribution in [0.4, 0.5) is 8.78 Å². The summed E-state index contributed by atoms with van der Waals surface area (Å²) in [5.41, 5.74) is -3.95. The summed E-state index contributed by atoms with van der Waals surface area (Å²) >= 11 is 11.7. The first kappa shape index (κ1) is 22.1. The van der Waals surface area contributed by atoms with E-state index in [2.05, 4.69) is 4.98 Å². The average Bonchev–Trinajstić information content (AvgIpc) is 2.69. The molecule has 0 amide bonds. The zero-order valence-corrected chi connectivity index (χ0v) is 17.8. The molecule has 0 spiro atoms. The zero-order chi connectivity index (χ0) is 21.9. The highest BCUT2D eigenvalue weighted by Gasteiger charge is 2.31. The number of benzene rings is 2. The highest BCUT2D eigenvalue weighted by atomic mass is 35.5. The molecule has 1 heterocycles. The van der Waals surface area contributed by atoms with Crippen molar-refractivity contribution in [3.63, 3.8) is 0 Å². The second-order valence-corrected chi connectivity index (χ2v) is 7.62. The summed E-state index contributed by atoms with van der Waals surface area (Å²) in [6.45, 7) is 0. The van der Waals surface area contributed by atoms with Gasteiger partial charge in [0.2, 0.25) is 17.7 Å². The molecule has 1 unspecified atom stereocenters. The van der Waals surface area contributed by atoms with Crippen molar-refractivity contribution >= 4 is 44.2 Å². The van der Waals surface area contributed by atoms with Gasteiger partial charge >= 0.3 is 0 Å². The Morgan fingerprint density at radius 1 is 0.967 bits per heavy atom. The van der Waals surface area contributed by atoms with Crippen molar-refractivity contribution in [2.45, 2.75) is 5.66 Å². The number of nitrogens with zero attached hydrogens (tertiary/aromatic N) is 1. The van der Waals surface area contributed by atoms with E-state index in [1.54, 1.807) is 42.5 Å². The van der Waals surface area contributed by atoms with Gasteiger partial charge in [0, 0.05) is 33.4 Å². The minimum absolute atomic E-state index is 0.101. The largest absolute Gasteiger partial charge is 0.439 e. The normalized spacial score (nSPS) is 11.1. The fourth-order valence-electron chi connectivity index (χ4n) is 2.42. The first-order chi connectivity index (χ1) is 14.1. The quantitative estimate of drug-likeness (QED) is 0.256. The predicted molar refractivity (Wildman–Crippen MR) is 116 cm³/mol. The molecule has 5 nitrogen and oxygen atoms in total. The minimum atomic E-state index is -3.40. The van der Waals surface area contributed by atoms with Crippen molar-refractivity contribution < 1.29 is 18.3 Å². The molecule has 30 heavy (non-hydrogen) atoms. The molecule has 0 aliphatic carbocycles. The molecular formula is C20H14Cl2F2N3O2P. The lowest BCUT2D eigenvalue weighted by atomic mass is 10.1. The van der Waals surface area contributed by atoms with Crippen molar-refractivity contribution in [1.82, 2.24) is 4.98 Å². The smallest absolute Gasteiger partial charge is 0.284 e. The maximum Gasteiger partial charge on any atom is 0.284 e. The Bertz CT molecular complexity index is 1110. The first-order valence-electron chi connectivity index (χ1n) is 8.35. The van der Waals surface area contributed by atoms with Gasteiger partial charge in [-0.05, 0) is 42.5 Å². The Labute approximate surface area is 183 Å². The third kappa shape index (κ3) is 5.51. The number of rotatable bonds is 5. The second-order valence-electron chi connectivity index (χ2n) is 6.02. The van der Waals surface area contributed by atoms with Crippen molar-refractivity contribution in [2.24, 2.45) is 0 Å². The molecule has 154 valence electrons. The molecule has 10 heteroatoms. The molecule has 1 atom stereocenters. The molecule has 3 rings (SSSR count). The third-order valence-electron chi connectivity index (χ3n) is 3.81. The maximum atomic E-state index is 14.2. The summed E-state index contributed by atoms with van der Waals surface area (Å²) in [5.74, 6) is -0.827. The maximum absolute atomic E-state index is 14.2. The number of nitrogens with one attached hydrogen (secondary N) is 2. The Balaban J connectivity index is 1.87. The summed E-state index contributed by atoms with van der Waals surface area (Å²) in [6.07, 6.45) is 1.03. The van der Waals surface area contributed by atoms with Crippen LogP contribution in [0.5, 0.6) is 11.6 Å². The van der Waals surface area contributed by atoms with Crippen LogP contribution >= 0.6 is 32.4 Å². The SMILES string of the molecule is N=C(OC(=N)c1cnc(Oc2ccc(Cl)cc2)cc1C(F)(F)P)c1cccc(Cl)c1. The van der Waals surface area contributed by atoms with Gasteiger partial charge in [0.15, 0.2) is 0 Å². The summed E-state index contributed by atoms with van der Waals surface area (Å²) in [6, 6.07) is 13.5. The number of hydrogen-bond acceptors (Lipinski definition) is 5. The third-order valence-corrected chi connectivity index (χ3v) is 4.61. The number of halogens is 4. The number of pyridine rings is 1. The average molecular weight is 468 g/mol. The monoisotopic (exact) mass is 467 g/mol. The van der Waals surface area contributed by atoms with E-state index in [0.29, 0.717) is 21.4 Å². The highest BCUT2D eigenvalue weighted by Crippen LogP contribution is 2.39. The van der Waals surface area contributed by atoms with Gasteiger partial charge in [-0.1, -0.05) is 38.5 Å². The van der Waals surface area contributed by atoms with E-state index in [-0.39, 0.29) is 11.4 Å². The topological polar surface area (TPSA) is 79.0 Å². The predicted octanol–water partition coefficient (Wildman–Crippen LogP) is 6.47. The van der Waals surface area contributed by atoms with E-state index < -0.39 is 23.0 Å². The van der Waals surface area contributed by atoms with Crippen LogP contribution in [0.25, 0.3) is 0 Å². The van der Waals surface area contributed by atoms with Crippen LogP contribution < -0.4 is 4.74 Å². The molecule has 0 aliphatic rings. The lowest BCUT2D eigenvalue weighted by Crippen LogP contribution is -2.18. The van der Waals surface area contributed by atoms with Crippen molar-refractivity contribution in [3.8, 4) is 11.6 Å². The van der Waals surface area contributed by atoms with E-state index in [0.717, 1.165) is 12.3 Å². The van der Waals surface area contributed by atoms with E-state index in [1.807, 2.05) is 0 Å². The van der Waals surface area contributed by atoms with E-state index >= 15 is 0 Å². The van der Waals surface area contributed by atoms with Gasteiger partial charge in [0.25, 0.3) is 5.66 Å². The van der Waals surface area contributed by atoms with Crippen molar-refractivity contribution in [1.29, 1.82) is 10.8 Å². The zero-order valence-electron chi connectivity index (χ0n) is 15.1. The van der Waals surface area contributed by atoms with Crippen LogP contribution in [0, 0.1) is 10.8 Å². The Hall–Kier alpha value is -2.60. The lowest BCUT2D eigenvalue weighted by molar-refractivity contribution is 0.103. The molecule has 0 saturated heterocycles. The van der Waals surface area contributed by atoms with Gasteiger partial charge < -0.3 is 9.47 Å². The first-order valence-corrected chi connectivity index (χ1v) is 9.68. The Kier molecular flexibility index (Phi) is 6.66. The summed E-state index contributed by atoms with van der Waals surface area (Å²) < 4.78 is 39.0. The van der Waals surface area contributed by atoms with Crippen molar-refractivity contribution in [3.05, 3.63) is 87.5 Å². The van der Waals surface area contributed by atoms with Crippen LogP contribution in [0.3, 0.4) is 0 Å². The number of alkyl halides is 2. The van der Waals surface area contributed by atoms with E-state index in [1.165, 1.54) is 15.3 Å². The van der Waals surface area contributed by atoms with Crippen molar-refractivity contribution in [2.75, 3.05) is 0 Å². The highest BCUT2D eigenvalue weighted by molar-refractivity contribution is 7.17. The summed E-state index contributed by atoms with van der Waals surface area (Å²) in [5, 5.41) is 16.9. The van der Waals surface area contributed by atoms with Gasteiger partial charge in [-0.15, -0.1) is 0 Å². The van der Waals surface area contributed by atoms with Gasteiger partial charge in [-0.2, -0.15) is 8.78 Å². The summed E-state index contributed by atoms with van der Waals surface area (Å²) in [7, 11) is 1.40. The Morgan fingerprint density at radius 3 is 2.30 bits per heavy atom. The molecule has 3 aromatic rings. The number of ether oxygens (including phenoxy) is 2. The standard InChI is InChI=1S/C20H14Cl2F2N3O2P/c21-12-4-6-14(7-5-12)28-17-9-16(20(23,24)30)15(10-27-17)19(26)29-18(25)11-2-1-3-13(22)8-11/h1-10,25-26H,30H2. The van der Waals surface area contributed by atoms with E-state index in [9.17, 15) is 8.78 Å². The molecule has 2 N–H and O–H groups in total. The van der Waals surface area contributed by atoms with Gasteiger partial charge in [-0.3, -0.25) is 10.8 Å². The Morgan fingerprint density at radius 2 is 1.67 bits per heavy atom. The fourth-order valence-corrected chi connectivity index (χ4v) is 2.97. The number of aromatic nitrogens is 1. The minimum Gasteiger partial charge on any atom is -0.439 e. The van der Waals surface area contributed by atoms with Gasteiger partial charge in [0.05, 0.1) is 5.56 Å². The van der Waals surface area contributed by atoms with Crippen LogP contribution in [-0.4, -0.2) is 16.8 Å². The molecule has 0 fully saturated rings. The molecule has 0 aliphatic heterocycles. The molecular weight excluding hydrogens is 454 g/mol. The van der Waals surface area contributed by atoms with Crippen LogP contribution in [0.15, 0.2) is 60.8 Å². The molecule has 0 saturated carbocycles. The summed E-state index contributed by atoms with van der Waals surface area (Å²) in [4.78, 5) is 3.98. The van der Waals surface area contributed by atoms with Crippen LogP contribution in [0.2, 0.25) is 10.0 Å². The fraction of sp³-hybridized carbons (Fsp3) is 0.0500. The molecule has 1 aromatic heterocycles. The van der Waals surface area contributed by atoms with Crippen LogP contribution in [-0.2, 0) is 10.4 Å². The molecule has 2 aromatic carbocycles. The van der Waals surface area contributed by atoms with Crippen LogP contribution in [0.1, 0.15) is 16.7 Å². The number of hydrogen-bond donors (Lipinski definition) is 2. The van der Waals surface area contributed by atoms with Gasteiger partial charge in [0.1, 0.15) is 5.75 Å². The van der Waals surface area contributed by atoms with Gasteiger partial charge in [-0.25, -0.2) is 4.98 Å². The molecule has 0 radical (unpaired) electrons.